The molecule has 1 aromatic rings. The van der Waals surface area contributed by atoms with Gasteiger partial charge in [-0.2, -0.15) is 0 Å². The molecule has 123 heavy (non-hydrogen) atoms. The fourth-order valence-corrected chi connectivity index (χ4v) is 19.1. The van der Waals surface area contributed by atoms with Crippen molar-refractivity contribution in [3.05, 3.63) is 11.6 Å². The van der Waals surface area contributed by atoms with Crippen molar-refractivity contribution in [1.29, 1.82) is 0 Å². The lowest BCUT2D eigenvalue weighted by Crippen LogP contribution is -2.38. The number of hydrogen-bond donors (Lipinski definition) is 4. The van der Waals surface area contributed by atoms with Gasteiger partial charge in [-0.15, -0.1) is 11.3 Å². The van der Waals surface area contributed by atoms with E-state index in [1.54, 1.807) is 27.3 Å². The number of carbonyl (C=O) groups excluding carboxylic acids is 9. The summed E-state index contributed by atoms with van der Waals surface area (Å²) in [4.78, 5) is 119. The minimum Gasteiger partial charge on any atom is -0.356 e. The minimum absolute atomic E-state index is 0.218. The summed E-state index contributed by atoms with van der Waals surface area (Å²) in [6.45, 7) is 44.3. The summed E-state index contributed by atoms with van der Waals surface area (Å²) < 4.78 is 0. The summed E-state index contributed by atoms with van der Waals surface area (Å²) in [5, 5.41) is 14.8. The van der Waals surface area contributed by atoms with Crippen LogP contribution in [0.2, 0.25) is 0 Å². The molecule has 712 valence electrons. The summed E-state index contributed by atoms with van der Waals surface area (Å²) in [5.74, 6) is 14.9. The standard InChI is InChI=1S/C13H20N2OS.C13H25NO.C12H21NO.2C12H23NO.C11H21NO.3C10H19NO/c1-3-15(13-14-8-9-17-13)12(16)11-6-4-10(2)5-7-11;1-10(2)8-9-14-13(15)12-6-4-11(3)5-7-12;1-9-2-6-11(7-3-9)12(14)13-8-10-4-5-10;1-9(2)13(4)12(14)11-7-5-10(3)6-8-11;1-9(2)8-13-12(14)11-6-4-10(3)5-7-11;1-4-12(3)11(13)10-7-5-9(2)6-8-10;2*1-8-4-6-9(7-5-8)10(12)11(2)3;1-3-11-10(12)9-6-4-8(2)5-7-9/h8-11H,3-7H2,1-2H3;10-12H,4-9H2,1-3H3,(H,14,15);9-11H,2-8H2,1H3,(H,13,14);9-11H,5-8H2,1-4H3;9-11H,4-8H2,1-3H3,(H,13,14);9-10H,4-8H2,1-3H3;2*8-9H,4-7H2,1-3H3;8-9H,3-7H2,1-2H3,(H,11,12). The molecule has 1 aromatic heterocycles. The van der Waals surface area contributed by atoms with Crippen LogP contribution < -0.4 is 26.2 Å². The van der Waals surface area contributed by atoms with E-state index >= 15 is 0 Å². The summed E-state index contributed by atoms with van der Waals surface area (Å²) in [6, 6.07) is 0.335. The van der Waals surface area contributed by atoms with Crippen molar-refractivity contribution in [2.45, 2.75) is 381 Å². The molecule has 0 aromatic carbocycles. The Kier molecular flexibility index (Phi) is 56.6. The molecule has 0 unspecified atom stereocenters. The van der Waals surface area contributed by atoms with Crippen LogP contribution in [0.5, 0.6) is 0 Å². The molecule has 10 fully saturated rings. The number of carbonyl (C=O) groups is 9. The monoisotopic (exact) mass is 1740 g/mol. The molecule has 10 aliphatic carbocycles. The third-order valence-electron chi connectivity index (χ3n) is 28.8. The number of anilines is 1. The van der Waals surface area contributed by atoms with E-state index in [4.69, 9.17) is 0 Å². The number of nitrogens with one attached hydrogen (secondary N) is 4. The minimum atomic E-state index is 0.218. The predicted molar refractivity (Wildman–Crippen MR) is 514 cm³/mol. The van der Waals surface area contributed by atoms with Gasteiger partial charge >= 0.3 is 0 Å². The molecule has 0 aliphatic heterocycles. The molecule has 0 spiro atoms. The number of nitrogens with zero attached hydrogens (tertiary/aromatic N) is 6. The molecule has 19 nitrogen and oxygen atoms in total. The SMILES string of the molecule is CC(C)CCNC(=O)C1CCC(C)CC1.CC(C)CNC(=O)C1CCC(C)CC1.CC1CCC(C(=O)N(C)C(C)C)CC1.CC1CCC(C(=O)N(C)C)CC1.CC1CCC(C(=O)N(C)C)CC1.CC1CCC(C(=O)NCC2CC2)CC1.CCN(C(=O)C1CCC(C)CC1)c1nccs1.CCN(C)C(=O)C1CCC(C)CC1.CCNC(=O)C1CCC(C)CC1. The van der Waals surface area contributed by atoms with Gasteiger partial charge in [-0.1, -0.05) is 90.0 Å². The van der Waals surface area contributed by atoms with Crippen molar-refractivity contribution in [2.75, 3.05) is 86.5 Å². The van der Waals surface area contributed by atoms with E-state index in [-0.39, 0.29) is 23.6 Å². The topological polar surface area (TPSA) is 231 Å². The molecular formula is C103H190N10O9S. The van der Waals surface area contributed by atoms with Crippen LogP contribution in [0.15, 0.2) is 11.6 Å². The highest BCUT2D eigenvalue weighted by Gasteiger charge is 2.34. The van der Waals surface area contributed by atoms with Gasteiger partial charge in [0.25, 0.3) is 0 Å². The van der Waals surface area contributed by atoms with Crippen molar-refractivity contribution in [1.82, 2.24) is 45.9 Å². The van der Waals surface area contributed by atoms with Gasteiger partial charge in [0.05, 0.1) is 0 Å². The van der Waals surface area contributed by atoms with E-state index in [1.165, 1.54) is 128 Å². The highest BCUT2D eigenvalue weighted by atomic mass is 32.1. The molecule has 20 heteroatoms. The second-order valence-corrected chi connectivity index (χ2v) is 42.9. The molecule has 4 N–H and O–H groups in total. The Balaban J connectivity index is 0.000000358. The first kappa shape index (κ1) is 112. The fraction of sp³-hybridized carbons (Fsp3) is 0.883. The molecule has 10 aliphatic rings. The summed E-state index contributed by atoms with van der Waals surface area (Å²) in [7, 11) is 11.2. The largest absolute Gasteiger partial charge is 0.356 e. The average molecular weight is 1740 g/mol. The lowest BCUT2D eigenvalue weighted by atomic mass is 9.82. The molecule has 10 saturated carbocycles. The molecule has 0 saturated heterocycles. The maximum absolute atomic E-state index is 12.4. The van der Waals surface area contributed by atoms with E-state index < -0.39 is 0 Å². The zero-order valence-electron chi connectivity index (χ0n) is 83.4. The van der Waals surface area contributed by atoms with Crippen LogP contribution >= 0.6 is 11.3 Å². The molecule has 11 rings (SSSR count). The predicted octanol–water partition coefficient (Wildman–Crippen LogP) is 21.9. The van der Waals surface area contributed by atoms with Gasteiger partial charge in [-0.25, -0.2) is 4.98 Å². The van der Waals surface area contributed by atoms with E-state index in [2.05, 4.69) is 130 Å². The molecule has 0 atom stereocenters. The first-order valence-electron chi connectivity index (χ1n) is 50.5. The lowest BCUT2D eigenvalue weighted by Gasteiger charge is -2.30. The van der Waals surface area contributed by atoms with E-state index in [1.807, 2.05) is 83.1 Å². The van der Waals surface area contributed by atoms with Crippen LogP contribution in [0.25, 0.3) is 0 Å². The van der Waals surface area contributed by atoms with E-state index in [9.17, 15) is 43.2 Å². The fourth-order valence-electron chi connectivity index (χ4n) is 18.4. The Hall–Kier alpha value is -5.14. The van der Waals surface area contributed by atoms with Crippen molar-refractivity contribution in [2.24, 2.45) is 124 Å². The van der Waals surface area contributed by atoms with Gasteiger partial charge in [0.2, 0.25) is 53.2 Å². The normalized spacial score (nSPS) is 28.4. The maximum Gasteiger partial charge on any atom is 0.231 e. The Morgan fingerprint density at radius 3 is 0.886 bits per heavy atom. The van der Waals surface area contributed by atoms with Crippen LogP contribution in [0, 0.1) is 124 Å². The van der Waals surface area contributed by atoms with Gasteiger partial charge in [0.15, 0.2) is 5.13 Å². The van der Waals surface area contributed by atoms with Gasteiger partial charge in [0, 0.05) is 152 Å². The number of hydrogen-bond acceptors (Lipinski definition) is 11. The molecule has 0 radical (unpaired) electrons. The Labute approximate surface area is 757 Å². The highest BCUT2D eigenvalue weighted by Crippen LogP contribution is 2.37. The van der Waals surface area contributed by atoms with Crippen molar-refractivity contribution < 1.29 is 43.2 Å². The first-order valence-corrected chi connectivity index (χ1v) is 51.4. The van der Waals surface area contributed by atoms with Gasteiger partial charge in [0.1, 0.15) is 0 Å². The Morgan fingerprint density at radius 1 is 0.341 bits per heavy atom. The van der Waals surface area contributed by atoms with Crippen LogP contribution in [0.3, 0.4) is 0 Å². The van der Waals surface area contributed by atoms with Crippen LogP contribution in [0.4, 0.5) is 5.13 Å². The summed E-state index contributed by atoms with van der Waals surface area (Å²) in [5.41, 5.74) is 0. The van der Waals surface area contributed by atoms with E-state index in [0.29, 0.717) is 101 Å². The number of rotatable bonds is 21. The molecule has 0 bridgehead atoms. The zero-order valence-corrected chi connectivity index (χ0v) is 84.3. The first-order chi connectivity index (χ1) is 58.3. The smallest absolute Gasteiger partial charge is 0.231 e. The van der Waals surface area contributed by atoms with Gasteiger partial charge in [-0.05, 0) is 356 Å². The van der Waals surface area contributed by atoms with Crippen LogP contribution in [-0.2, 0) is 43.2 Å². The van der Waals surface area contributed by atoms with Crippen LogP contribution in [0.1, 0.15) is 375 Å². The second-order valence-electron chi connectivity index (χ2n) is 42.1. The van der Waals surface area contributed by atoms with Gasteiger partial charge in [-0.3, -0.25) is 48.1 Å². The quantitative estimate of drug-likeness (QED) is 0.0909. The number of aromatic nitrogens is 1. The van der Waals surface area contributed by atoms with Crippen LogP contribution in [-0.4, -0.2) is 165 Å². The van der Waals surface area contributed by atoms with Gasteiger partial charge < -0.3 is 40.9 Å². The lowest BCUT2D eigenvalue weighted by molar-refractivity contribution is -0.137. The van der Waals surface area contributed by atoms with E-state index in [0.717, 1.165) is 226 Å². The van der Waals surface area contributed by atoms with Crippen molar-refractivity contribution in [3.8, 4) is 0 Å². The maximum atomic E-state index is 12.4. The highest BCUT2D eigenvalue weighted by molar-refractivity contribution is 7.13. The molecular weight excluding hydrogens is 1550 g/mol. The number of thiazole rings is 1. The average Bonchev–Trinajstić information content (AvgIpc) is 1.73. The van der Waals surface area contributed by atoms with Crippen molar-refractivity contribution in [3.63, 3.8) is 0 Å². The zero-order chi connectivity index (χ0) is 91.8. The summed E-state index contributed by atoms with van der Waals surface area (Å²) >= 11 is 1.54. The molecule has 1 heterocycles. The Morgan fingerprint density at radius 2 is 0.626 bits per heavy atom. The third kappa shape index (κ3) is 46.6. The third-order valence-corrected chi connectivity index (χ3v) is 29.6. The second kappa shape index (κ2) is 62.2. The van der Waals surface area contributed by atoms with Crippen molar-refractivity contribution >= 4 is 69.6 Å². The summed E-state index contributed by atoms with van der Waals surface area (Å²) in [6.07, 6.45) is 47.1. The number of amides is 9. The molecule has 9 amide bonds. The Bertz CT molecular complexity index is 2940.